The maximum absolute atomic E-state index is 5.89. The first-order valence-corrected chi connectivity index (χ1v) is 9.87. The van der Waals surface area contributed by atoms with Crippen LogP contribution in [0.15, 0.2) is 42.6 Å². The van der Waals surface area contributed by atoms with Gasteiger partial charge in [-0.25, -0.2) is 4.98 Å². The Hall–Kier alpha value is -1.95. The summed E-state index contributed by atoms with van der Waals surface area (Å²) < 4.78 is 8.11. The molecule has 1 saturated heterocycles. The molecule has 1 unspecified atom stereocenters. The quantitative estimate of drug-likeness (QED) is 0.654. The summed E-state index contributed by atoms with van der Waals surface area (Å²) in [5.74, 6) is 3.41. The van der Waals surface area contributed by atoms with Crippen molar-refractivity contribution in [3.63, 3.8) is 0 Å². The molecule has 1 aliphatic heterocycles. The number of nitrogens with zero attached hydrogens (tertiary/aromatic N) is 4. The van der Waals surface area contributed by atoms with Gasteiger partial charge in [0.25, 0.3) is 0 Å². The smallest absolute Gasteiger partial charge is 0.123 e. The van der Waals surface area contributed by atoms with Gasteiger partial charge in [0.05, 0.1) is 41.5 Å². The standard InChI is InChI=1S/C21H23ClN4O/c1-25-20-5-3-2-4-19(20)24-21(25)11-26-9-16-17(10-26)18(16)13-27-12-15-7-6-14(22)8-23-15/h2-8,16-18H,9-13H2,1H3/t16-,17+,18?. The highest BCUT2D eigenvalue weighted by molar-refractivity contribution is 6.30. The average molecular weight is 383 g/mol. The minimum Gasteiger partial charge on any atom is -0.375 e. The van der Waals surface area contributed by atoms with Crippen LogP contribution in [0.4, 0.5) is 0 Å². The van der Waals surface area contributed by atoms with Crippen molar-refractivity contribution in [1.82, 2.24) is 19.4 Å². The van der Waals surface area contributed by atoms with Crippen molar-refractivity contribution < 1.29 is 4.74 Å². The number of likely N-dealkylation sites (tertiary alicyclic amines) is 1. The van der Waals surface area contributed by atoms with Gasteiger partial charge in [0.15, 0.2) is 0 Å². The van der Waals surface area contributed by atoms with E-state index in [1.807, 2.05) is 18.2 Å². The largest absolute Gasteiger partial charge is 0.375 e. The molecule has 0 N–H and O–H groups in total. The van der Waals surface area contributed by atoms with E-state index in [4.69, 9.17) is 21.3 Å². The summed E-state index contributed by atoms with van der Waals surface area (Å²) in [6.07, 6.45) is 1.67. The van der Waals surface area contributed by atoms with Gasteiger partial charge in [-0.3, -0.25) is 9.88 Å². The van der Waals surface area contributed by atoms with E-state index in [-0.39, 0.29) is 0 Å². The van der Waals surface area contributed by atoms with Crippen molar-refractivity contribution in [3.05, 3.63) is 59.1 Å². The lowest BCUT2D eigenvalue weighted by molar-refractivity contribution is 0.0945. The molecule has 2 fully saturated rings. The summed E-state index contributed by atoms with van der Waals surface area (Å²) in [4.78, 5) is 11.6. The van der Waals surface area contributed by atoms with E-state index in [2.05, 4.69) is 39.7 Å². The second kappa shape index (κ2) is 6.89. The zero-order valence-corrected chi connectivity index (χ0v) is 16.1. The summed E-state index contributed by atoms with van der Waals surface area (Å²) in [5, 5.41) is 0.663. The van der Waals surface area contributed by atoms with Crippen molar-refractivity contribution in [3.8, 4) is 0 Å². The number of aryl methyl sites for hydroxylation is 1. The van der Waals surface area contributed by atoms with Gasteiger partial charge in [-0.2, -0.15) is 0 Å². The number of ether oxygens (including phenoxy) is 1. The van der Waals surface area contributed by atoms with E-state index in [1.54, 1.807) is 6.20 Å². The number of aromatic nitrogens is 3. The number of rotatable bonds is 6. The first-order chi connectivity index (χ1) is 13.2. The zero-order chi connectivity index (χ0) is 18.4. The highest BCUT2D eigenvalue weighted by Gasteiger charge is 2.55. The lowest BCUT2D eigenvalue weighted by Crippen LogP contribution is -2.26. The molecule has 0 radical (unpaired) electrons. The monoisotopic (exact) mass is 382 g/mol. The molecule has 1 aromatic carbocycles. The summed E-state index contributed by atoms with van der Waals surface area (Å²) in [6.45, 7) is 4.64. The van der Waals surface area contributed by atoms with Crippen LogP contribution in [-0.2, 0) is 24.9 Å². The van der Waals surface area contributed by atoms with Gasteiger partial charge in [-0.15, -0.1) is 0 Å². The predicted molar refractivity (Wildman–Crippen MR) is 105 cm³/mol. The third-order valence-corrected chi connectivity index (χ3v) is 6.26. The van der Waals surface area contributed by atoms with Crippen molar-refractivity contribution in [1.29, 1.82) is 0 Å². The first-order valence-electron chi connectivity index (χ1n) is 9.50. The van der Waals surface area contributed by atoms with E-state index >= 15 is 0 Å². The van der Waals surface area contributed by atoms with E-state index in [1.165, 1.54) is 5.52 Å². The molecule has 27 heavy (non-hydrogen) atoms. The molecule has 1 aliphatic carbocycles. The molecule has 0 spiro atoms. The Kier molecular flexibility index (Phi) is 4.38. The van der Waals surface area contributed by atoms with Gasteiger partial charge in [0.2, 0.25) is 0 Å². The molecule has 2 aliphatic rings. The molecule has 5 nitrogen and oxygen atoms in total. The Labute approximate surface area is 163 Å². The van der Waals surface area contributed by atoms with E-state index < -0.39 is 0 Å². The van der Waals surface area contributed by atoms with Gasteiger partial charge >= 0.3 is 0 Å². The van der Waals surface area contributed by atoms with Crippen LogP contribution in [0.3, 0.4) is 0 Å². The Bertz CT molecular complexity index is 942. The average Bonchev–Trinajstić information content (AvgIpc) is 3.00. The van der Waals surface area contributed by atoms with E-state index in [0.717, 1.165) is 55.1 Å². The fourth-order valence-corrected chi connectivity index (χ4v) is 4.55. The van der Waals surface area contributed by atoms with Crippen LogP contribution in [0.25, 0.3) is 11.0 Å². The zero-order valence-electron chi connectivity index (χ0n) is 15.4. The maximum atomic E-state index is 5.89. The molecule has 3 heterocycles. The van der Waals surface area contributed by atoms with Crippen molar-refractivity contribution in [2.75, 3.05) is 19.7 Å². The molecule has 3 aromatic rings. The highest BCUT2D eigenvalue weighted by atomic mass is 35.5. The van der Waals surface area contributed by atoms with Crippen LogP contribution in [0.1, 0.15) is 11.5 Å². The number of imidazole rings is 1. The van der Waals surface area contributed by atoms with Crippen LogP contribution in [0.2, 0.25) is 5.02 Å². The number of halogens is 1. The fraction of sp³-hybridized carbons (Fsp3) is 0.429. The number of hydrogen-bond acceptors (Lipinski definition) is 4. The molecule has 6 heteroatoms. The van der Waals surface area contributed by atoms with E-state index in [0.29, 0.717) is 17.5 Å². The third-order valence-electron chi connectivity index (χ3n) is 6.04. The van der Waals surface area contributed by atoms with E-state index in [9.17, 15) is 0 Å². The highest BCUT2D eigenvalue weighted by Crippen LogP contribution is 2.52. The van der Waals surface area contributed by atoms with Gasteiger partial charge in [-0.05, 0) is 42.0 Å². The molecule has 2 aromatic heterocycles. The molecular formula is C21H23ClN4O. The number of piperidine rings is 1. The maximum Gasteiger partial charge on any atom is 0.123 e. The first kappa shape index (κ1) is 17.2. The van der Waals surface area contributed by atoms with Gasteiger partial charge in [0, 0.05) is 26.3 Å². The number of benzene rings is 1. The van der Waals surface area contributed by atoms with Gasteiger partial charge in [0.1, 0.15) is 5.82 Å². The minimum atomic E-state index is 0.566. The van der Waals surface area contributed by atoms with Gasteiger partial charge in [-0.1, -0.05) is 23.7 Å². The Morgan fingerprint density at radius 3 is 2.70 bits per heavy atom. The summed E-state index contributed by atoms with van der Waals surface area (Å²) in [7, 11) is 2.11. The van der Waals surface area contributed by atoms with Crippen LogP contribution in [0, 0.1) is 17.8 Å². The van der Waals surface area contributed by atoms with Crippen LogP contribution in [-0.4, -0.2) is 39.1 Å². The summed E-state index contributed by atoms with van der Waals surface area (Å²) in [6, 6.07) is 12.1. The molecule has 3 atom stereocenters. The number of fused-ring (bicyclic) bond motifs is 2. The lowest BCUT2D eigenvalue weighted by Gasteiger charge is -2.19. The second-order valence-electron chi connectivity index (χ2n) is 7.74. The van der Waals surface area contributed by atoms with Crippen LogP contribution in [0.5, 0.6) is 0 Å². The summed E-state index contributed by atoms with van der Waals surface area (Å²) >= 11 is 5.86. The topological polar surface area (TPSA) is 43.2 Å². The van der Waals surface area contributed by atoms with Crippen LogP contribution >= 0.6 is 11.6 Å². The van der Waals surface area contributed by atoms with Crippen molar-refractivity contribution >= 4 is 22.6 Å². The molecule has 0 amide bonds. The second-order valence-corrected chi connectivity index (χ2v) is 8.18. The third kappa shape index (κ3) is 3.35. The van der Waals surface area contributed by atoms with Crippen molar-refractivity contribution in [2.24, 2.45) is 24.8 Å². The number of para-hydroxylation sites is 2. The molecular weight excluding hydrogens is 360 g/mol. The SMILES string of the molecule is Cn1c(CN2C[C@@H]3C(COCc4ccc(Cl)cn4)[C@@H]3C2)nc2ccccc21. The van der Waals surface area contributed by atoms with Crippen molar-refractivity contribution in [2.45, 2.75) is 13.2 Å². The molecule has 1 saturated carbocycles. The molecule has 0 bridgehead atoms. The molecule has 5 rings (SSSR count). The number of hydrogen-bond donors (Lipinski definition) is 0. The van der Waals surface area contributed by atoms with Crippen LogP contribution < -0.4 is 0 Å². The minimum absolute atomic E-state index is 0.566. The Morgan fingerprint density at radius 1 is 1.15 bits per heavy atom. The fourth-order valence-electron chi connectivity index (χ4n) is 4.44. The normalized spacial score (nSPS) is 24.4. The van der Waals surface area contributed by atoms with Gasteiger partial charge < -0.3 is 9.30 Å². The predicted octanol–water partition coefficient (Wildman–Crippen LogP) is 3.52. The Balaban J connectivity index is 1.11. The number of pyridine rings is 1. The summed E-state index contributed by atoms with van der Waals surface area (Å²) in [5.41, 5.74) is 3.23. The lowest BCUT2D eigenvalue weighted by atomic mass is 10.2. The molecule has 140 valence electrons. The Morgan fingerprint density at radius 2 is 1.96 bits per heavy atom.